The molecule has 0 saturated carbocycles. The molecule has 5 nitrogen and oxygen atoms in total. The van der Waals surface area contributed by atoms with Gasteiger partial charge in [0, 0.05) is 43.2 Å². The molecule has 8 rings (SSSR count). The molecule has 6 heteroatoms. The third-order valence-corrected chi connectivity index (χ3v) is 7.99. The summed E-state index contributed by atoms with van der Waals surface area (Å²) in [5.41, 5.74) is 7.57. The second-order valence-corrected chi connectivity index (χ2v) is 10.1. The number of hydrogen-bond acceptors (Lipinski definition) is 4. The van der Waals surface area contributed by atoms with Crippen molar-refractivity contribution < 1.29 is 0 Å². The van der Waals surface area contributed by atoms with Gasteiger partial charge in [-0.25, -0.2) is 9.97 Å². The molecule has 35 heavy (non-hydrogen) atoms. The van der Waals surface area contributed by atoms with Gasteiger partial charge in [-0.15, -0.1) is 11.3 Å². The summed E-state index contributed by atoms with van der Waals surface area (Å²) in [5, 5.41) is 9.19. The molecule has 0 aliphatic heterocycles. The van der Waals surface area contributed by atoms with Gasteiger partial charge in [-0.05, 0) is 60.7 Å². The summed E-state index contributed by atoms with van der Waals surface area (Å²) in [5.74, 6) is 1.86. The number of imidazole rings is 2. The summed E-state index contributed by atoms with van der Waals surface area (Å²) in [6.45, 7) is 4.02. The van der Waals surface area contributed by atoms with Crippen LogP contribution >= 0.6 is 11.3 Å². The van der Waals surface area contributed by atoms with Crippen LogP contribution in [0.4, 0.5) is 0 Å². The Labute approximate surface area is 203 Å². The van der Waals surface area contributed by atoms with Crippen molar-refractivity contribution >= 4 is 75.9 Å². The Morgan fingerprint density at radius 3 is 2.03 bits per heavy atom. The summed E-state index contributed by atoms with van der Waals surface area (Å²) < 4.78 is 1.28. The van der Waals surface area contributed by atoms with E-state index < -0.39 is 0 Å². The predicted octanol–water partition coefficient (Wildman–Crippen LogP) is 7.79. The van der Waals surface area contributed by atoms with Gasteiger partial charge in [0.1, 0.15) is 11.6 Å². The molecule has 4 heterocycles. The maximum Gasteiger partial charge on any atom is 0.104 e. The third kappa shape index (κ3) is 2.54. The number of aromatic nitrogens is 5. The van der Waals surface area contributed by atoms with E-state index >= 15 is 0 Å². The van der Waals surface area contributed by atoms with E-state index in [1.54, 1.807) is 11.3 Å². The molecule has 0 radical (unpaired) electrons. The molecular weight excluding hydrogens is 450 g/mol. The number of pyridine rings is 1. The Morgan fingerprint density at radius 1 is 0.629 bits per heavy atom. The molecule has 0 amide bonds. The van der Waals surface area contributed by atoms with E-state index in [2.05, 4.69) is 63.9 Å². The molecule has 2 N–H and O–H groups in total. The number of benzene rings is 4. The van der Waals surface area contributed by atoms with Crippen LogP contribution in [-0.4, -0.2) is 24.9 Å². The average Bonchev–Trinajstić information content (AvgIpc) is 3.61. The van der Waals surface area contributed by atoms with Crippen LogP contribution in [0.1, 0.15) is 11.6 Å². The molecule has 0 atom stereocenters. The van der Waals surface area contributed by atoms with Crippen LogP contribution in [-0.2, 0) is 0 Å². The van der Waals surface area contributed by atoms with Crippen molar-refractivity contribution in [3.05, 3.63) is 77.8 Å². The monoisotopic (exact) mass is 469 g/mol. The van der Waals surface area contributed by atoms with Crippen LogP contribution in [0.5, 0.6) is 0 Å². The number of fused-ring (bicyclic) bond motifs is 12. The van der Waals surface area contributed by atoms with Gasteiger partial charge in [0.15, 0.2) is 0 Å². The first-order valence-electron chi connectivity index (χ1n) is 11.6. The highest BCUT2D eigenvalue weighted by Crippen LogP contribution is 2.40. The average molecular weight is 470 g/mol. The summed E-state index contributed by atoms with van der Waals surface area (Å²) in [7, 11) is 0. The van der Waals surface area contributed by atoms with Crippen molar-refractivity contribution in [2.75, 3.05) is 0 Å². The fourth-order valence-electron chi connectivity index (χ4n) is 5.55. The standard InChI is InChI=1S/C29H19N5S/c1-14-31-25-18-7-5-16(12-22(18)24-20(27(25)33-14)4-3-10-30-24)17-6-8-19-23(13-17)29-21(9-11-35-29)28-26(19)32-15(2)34-28/h3-13H,1-2H3,(H,31,33)(H,32,34). The van der Waals surface area contributed by atoms with Gasteiger partial charge in [0.2, 0.25) is 0 Å². The van der Waals surface area contributed by atoms with Crippen LogP contribution in [0.2, 0.25) is 0 Å². The van der Waals surface area contributed by atoms with E-state index in [0.29, 0.717) is 0 Å². The Balaban J connectivity index is 1.44. The van der Waals surface area contributed by atoms with Crippen molar-refractivity contribution in [2.24, 2.45) is 0 Å². The number of hydrogen-bond donors (Lipinski definition) is 2. The first-order valence-corrected chi connectivity index (χ1v) is 12.5. The molecular formula is C29H19N5S. The maximum atomic E-state index is 4.77. The van der Waals surface area contributed by atoms with E-state index in [4.69, 9.17) is 15.0 Å². The normalized spacial score (nSPS) is 12.3. The quantitative estimate of drug-likeness (QED) is 0.241. The molecule has 0 aliphatic carbocycles. The lowest BCUT2D eigenvalue weighted by Gasteiger charge is -2.10. The zero-order valence-corrected chi connectivity index (χ0v) is 19.9. The second-order valence-electron chi connectivity index (χ2n) is 9.18. The van der Waals surface area contributed by atoms with Gasteiger partial charge in [0.05, 0.1) is 27.6 Å². The van der Waals surface area contributed by atoms with E-state index in [-0.39, 0.29) is 0 Å². The predicted molar refractivity (Wildman–Crippen MR) is 146 cm³/mol. The van der Waals surface area contributed by atoms with Crippen molar-refractivity contribution in [1.82, 2.24) is 24.9 Å². The van der Waals surface area contributed by atoms with Crippen LogP contribution in [0, 0.1) is 13.8 Å². The highest BCUT2D eigenvalue weighted by molar-refractivity contribution is 7.18. The molecule has 0 unspecified atom stereocenters. The third-order valence-electron chi connectivity index (χ3n) is 7.04. The minimum absolute atomic E-state index is 0.914. The van der Waals surface area contributed by atoms with Crippen LogP contribution in [0.3, 0.4) is 0 Å². The molecule has 0 saturated heterocycles. The molecule has 166 valence electrons. The van der Waals surface area contributed by atoms with E-state index in [0.717, 1.165) is 55.4 Å². The van der Waals surface area contributed by atoms with Crippen molar-refractivity contribution in [2.45, 2.75) is 13.8 Å². The second kappa shape index (κ2) is 6.64. The van der Waals surface area contributed by atoms with E-state index in [1.807, 2.05) is 26.1 Å². The van der Waals surface area contributed by atoms with E-state index in [1.165, 1.54) is 32.0 Å². The Kier molecular flexibility index (Phi) is 3.62. The minimum atomic E-state index is 0.914. The highest BCUT2D eigenvalue weighted by Gasteiger charge is 2.16. The Bertz CT molecular complexity index is 2140. The summed E-state index contributed by atoms with van der Waals surface area (Å²) in [6, 6.07) is 19.7. The molecule has 0 aliphatic rings. The summed E-state index contributed by atoms with van der Waals surface area (Å²) in [4.78, 5) is 21.2. The number of nitrogens with one attached hydrogen (secondary N) is 2. The number of rotatable bonds is 1. The molecule has 4 aromatic carbocycles. The highest BCUT2D eigenvalue weighted by atomic mass is 32.1. The zero-order valence-electron chi connectivity index (χ0n) is 19.1. The van der Waals surface area contributed by atoms with E-state index in [9.17, 15) is 0 Å². The number of aromatic amines is 2. The number of nitrogens with zero attached hydrogens (tertiary/aromatic N) is 3. The molecule has 0 spiro atoms. The van der Waals surface area contributed by atoms with Gasteiger partial charge in [-0.3, -0.25) is 4.98 Å². The van der Waals surface area contributed by atoms with Gasteiger partial charge in [-0.2, -0.15) is 0 Å². The fourth-order valence-corrected chi connectivity index (χ4v) is 6.47. The summed E-state index contributed by atoms with van der Waals surface area (Å²) in [6.07, 6.45) is 1.86. The van der Waals surface area contributed by atoms with Gasteiger partial charge in [0.25, 0.3) is 0 Å². The number of thiophene rings is 1. The van der Waals surface area contributed by atoms with Crippen molar-refractivity contribution in [1.29, 1.82) is 0 Å². The molecule has 0 fully saturated rings. The van der Waals surface area contributed by atoms with Gasteiger partial charge >= 0.3 is 0 Å². The maximum absolute atomic E-state index is 4.77. The first kappa shape index (κ1) is 19.1. The smallest absolute Gasteiger partial charge is 0.104 e. The Morgan fingerprint density at radius 2 is 1.29 bits per heavy atom. The zero-order chi connectivity index (χ0) is 23.3. The lowest BCUT2D eigenvalue weighted by molar-refractivity contribution is 1.17. The first-order chi connectivity index (χ1) is 17.2. The van der Waals surface area contributed by atoms with Crippen LogP contribution in [0.15, 0.2) is 66.2 Å². The van der Waals surface area contributed by atoms with Crippen LogP contribution < -0.4 is 0 Å². The molecule has 8 aromatic rings. The largest absolute Gasteiger partial charge is 0.342 e. The molecule has 4 aromatic heterocycles. The van der Waals surface area contributed by atoms with Gasteiger partial charge < -0.3 is 9.97 Å². The van der Waals surface area contributed by atoms with Crippen LogP contribution in [0.25, 0.3) is 75.7 Å². The van der Waals surface area contributed by atoms with Crippen molar-refractivity contribution in [3.8, 4) is 11.1 Å². The number of H-pyrrole nitrogens is 2. The minimum Gasteiger partial charge on any atom is -0.342 e. The fraction of sp³-hybridized carbons (Fsp3) is 0.0690. The Hall–Kier alpha value is -4.29. The molecule has 0 bridgehead atoms. The lowest BCUT2D eigenvalue weighted by Crippen LogP contribution is -1.87. The topological polar surface area (TPSA) is 70.2 Å². The lowest BCUT2D eigenvalue weighted by atomic mass is 9.96. The van der Waals surface area contributed by atoms with Gasteiger partial charge in [-0.1, -0.05) is 24.3 Å². The van der Waals surface area contributed by atoms with Crippen molar-refractivity contribution in [3.63, 3.8) is 0 Å². The summed E-state index contributed by atoms with van der Waals surface area (Å²) >= 11 is 1.78. The number of aryl methyl sites for hydroxylation is 2. The SMILES string of the molecule is Cc1nc2c3cccnc3c3cc(-c4ccc5c(c4)c4sccc4c4nc(C)[nH]c54)ccc3c2[nH]1.